The number of anilines is 2. The van der Waals surface area contributed by atoms with Gasteiger partial charge in [-0.15, -0.1) is 47.1 Å². The third kappa shape index (κ3) is 8.82. The van der Waals surface area contributed by atoms with E-state index in [4.69, 9.17) is 11.1 Å². The summed E-state index contributed by atoms with van der Waals surface area (Å²) in [6.45, 7) is 19.9. The number of furan rings is 1. The first-order valence-electron chi connectivity index (χ1n) is 22.8. The van der Waals surface area contributed by atoms with Gasteiger partial charge in [0.05, 0.1) is 8.07 Å². The molecule has 7 aromatic carbocycles. The molecule has 0 fully saturated rings. The van der Waals surface area contributed by atoms with Gasteiger partial charge in [0.1, 0.15) is 11.4 Å². The normalized spacial score (nSPS) is 14.0. The molecule has 9 aromatic rings. The van der Waals surface area contributed by atoms with Crippen LogP contribution in [0.4, 0.5) is 21.5 Å². The van der Waals surface area contributed by atoms with E-state index in [9.17, 15) is 4.39 Å². The van der Waals surface area contributed by atoms with Crippen molar-refractivity contribution in [1.82, 2.24) is 4.98 Å². The summed E-state index contributed by atoms with van der Waals surface area (Å²) in [5.41, 5.74) is 13.2. The standard InChI is InChI=1S/C41H33FN2O.C17H22NSi.Ir/c1-24(2)34-21-28(26-11-6-5-7-12-26)22-35(25(3)4)38(34)44-39-30-14-9-8-13-27(30)17-20-36(39)43-41(44)33-16-10-15-32-31-19-18-29(42)23-37(31)45-40(32)33;1-13(2)15-11-16(14-9-7-6-8-10-14)18-12-17(15)19(3,4)5;/h5-15,17-25,41H,1-4H3;6-9,11-13H,1-5H3;/q-2;-1;+3/i;13D;. The molecular weight excluding hydrogens is 994 g/mol. The van der Waals surface area contributed by atoms with Crippen LogP contribution in [0.3, 0.4) is 0 Å². The number of pyridine rings is 1. The molecule has 3 heterocycles. The van der Waals surface area contributed by atoms with Crippen molar-refractivity contribution in [2.75, 3.05) is 4.90 Å². The molecule has 0 bridgehead atoms. The molecule has 0 N–H and O–H groups in total. The van der Waals surface area contributed by atoms with Gasteiger partial charge >= 0.3 is 20.1 Å². The van der Waals surface area contributed by atoms with E-state index < -0.39 is 20.1 Å². The topological polar surface area (TPSA) is 43.4 Å². The van der Waals surface area contributed by atoms with Crippen molar-refractivity contribution < 1.29 is 30.3 Å². The van der Waals surface area contributed by atoms with Gasteiger partial charge in [-0.25, -0.2) is 4.39 Å². The van der Waals surface area contributed by atoms with Crippen LogP contribution >= 0.6 is 0 Å². The van der Waals surface area contributed by atoms with Crippen LogP contribution in [0, 0.1) is 17.9 Å². The Morgan fingerprint density at radius 2 is 1.40 bits per heavy atom. The van der Waals surface area contributed by atoms with Gasteiger partial charge in [0, 0.05) is 41.4 Å². The van der Waals surface area contributed by atoms with Crippen molar-refractivity contribution in [3.8, 4) is 22.4 Å². The van der Waals surface area contributed by atoms with Crippen molar-refractivity contribution in [3.63, 3.8) is 0 Å². The number of aromatic nitrogens is 1. The van der Waals surface area contributed by atoms with Gasteiger partial charge in [-0.05, 0) is 86.7 Å². The maximum atomic E-state index is 14.3. The average molecular weight is 1050 g/mol. The molecule has 0 saturated carbocycles. The van der Waals surface area contributed by atoms with Gasteiger partial charge in [-0.2, -0.15) is 18.2 Å². The second kappa shape index (κ2) is 18.6. The Kier molecular flexibility index (Phi) is 12.7. The summed E-state index contributed by atoms with van der Waals surface area (Å²) in [7, 11) is -1.50. The summed E-state index contributed by atoms with van der Waals surface area (Å²) in [4.78, 5) is 7.04. The molecule has 0 saturated heterocycles. The predicted molar refractivity (Wildman–Crippen MR) is 270 cm³/mol. The quantitative estimate of drug-likeness (QED) is 0.113. The fourth-order valence-corrected chi connectivity index (χ4v) is 10.7. The number of hydrogen-bond acceptors (Lipinski definition) is 3. The van der Waals surface area contributed by atoms with Gasteiger partial charge < -0.3 is 19.6 Å². The number of fused-ring (bicyclic) bond motifs is 6. The van der Waals surface area contributed by atoms with Gasteiger partial charge in [0.15, 0.2) is 0 Å². The Hall–Kier alpha value is -5.85. The largest absolute Gasteiger partial charge is 3.00 e. The third-order valence-corrected chi connectivity index (χ3v) is 14.3. The van der Waals surface area contributed by atoms with Crippen LogP contribution < -0.4 is 10.1 Å². The van der Waals surface area contributed by atoms with Crippen LogP contribution in [-0.2, 0) is 20.1 Å². The van der Waals surface area contributed by atoms with E-state index >= 15 is 0 Å². The number of rotatable bonds is 8. The van der Waals surface area contributed by atoms with Crippen LogP contribution in [0.15, 0.2) is 150 Å². The Morgan fingerprint density at radius 3 is 2.08 bits per heavy atom. The van der Waals surface area contributed by atoms with Crippen LogP contribution in [0.1, 0.15) is 89.1 Å². The van der Waals surface area contributed by atoms with Gasteiger partial charge in [-0.3, -0.25) is 0 Å². The van der Waals surface area contributed by atoms with Crippen LogP contribution in [-0.4, -0.2) is 13.1 Å². The van der Waals surface area contributed by atoms with Crippen LogP contribution in [0.25, 0.3) is 60.4 Å². The zero-order valence-electron chi connectivity index (χ0n) is 39.5. The second-order valence-corrected chi connectivity index (χ2v) is 23.8. The van der Waals surface area contributed by atoms with Gasteiger partial charge in [0.2, 0.25) is 0 Å². The van der Waals surface area contributed by atoms with Crippen LogP contribution in [0.5, 0.6) is 0 Å². The Morgan fingerprint density at radius 1 is 0.692 bits per heavy atom. The molecule has 65 heavy (non-hydrogen) atoms. The van der Waals surface area contributed by atoms with E-state index in [1.807, 2.05) is 56.4 Å². The van der Waals surface area contributed by atoms with Crippen molar-refractivity contribution in [2.24, 2.45) is 0 Å². The molecule has 4 nitrogen and oxygen atoms in total. The number of nitrogens with zero attached hydrogens (tertiary/aromatic N) is 3. The fraction of sp³-hybridized carbons (Fsp3) is 0.224. The summed E-state index contributed by atoms with van der Waals surface area (Å²) in [5.74, 6) is -0.438. The number of benzene rings is 7. The average Bonchev–Trinajstić information content (AvgIpc) is 3.87. The number of halogens is 1. The van der Waals surface area contributed by atoms with Gasteiger partial charge in [-0.1, -0.05) is 145 Å². The van der Waals surface area contributed by atoms with Crippen molar-refractivity contribution in [2.45, 2.75) is 85.1 Å². The summed E-state index contributed by atoms with van der Waals surface area (Å²) < 4.78 is 29.1. The Balaban J connectivity index is 0.000000238. The smallest absolute Gasteiger partial charge is 0.661 e. The van der Waals surface area contributed by atoms with Crippen molar-refractivity contribution in [3.05, 3.63) is 191 Å². The molecule has 1 atom stereocenters. The number of hydrogen-bond donors (Lipinski definition) is 0. The molecule has 10 rings (SSSR count). The summed E-state index contributed by atoms with van der Waals surface area (Å²) in [6.07, 6.45) is 1.55. The minimum atomic E-state index is -1.50. The SMILES string of the molecule is CC(C)c1cc(-c2ccccc2)cc(C(C)C)c1N1c2c(ccc3ccccc23)[N-]C1c1[c-]ccc2c1oc1cc(F)ccc12.[2H]C(C)(C)c1cc(-c2[c-]cccc2)ncc1[Si](C)(C)C.[Ir+3]. The summed E-state index contributed by atoms with van der Waals surface area (Å²) in [5, 5.41) is 10.8. The van der Waals surface area contributed by atoms with E-state index in [0.717, 1.165) is 55.3 Å². The minimum Gasteiger partial charge on any atom is -0.661 e. The summed E-state index contributed by atoms with van der Waals surface area (Å²) >= 11 is 0. The van der Waals surface area contributed by atoms with Crippen molar-refractivity contribution >= 4 is 63.0 Å². The monoisotopic (exact) mass is 1050 g/mol. The zero-order chi connectivity index (χ0) is 45.8. The van der Waals surface area contributed by atoms with E-state index in [2.05, 4.69) is 154 Å². The molecule has 7 heteroatoms. The van der Waals surface area contributed by atoms with E-state index in [1.165, 1.54) is 45.3 Å². The van der Waals surface area contributed by atoms with E-state index in [0.29, 0.717) is 11.2 Å². The molecule has 1 unspecified atom stereocenters. The minimum absolute atomic E-state index is 0. The Labute approximate surface area is 399 Å². The maximum absolute atomic E-state index is 14.3. The summed E-state index contributed by atoms with van der Waals surface area (Å²) in [6, 6.07) is 53.5. The fourth-order valence-electron chi connectivity index (χ4n) is 9.07. The molecule has 0 aliphatic carbocycles. The van der Waals surface area contributed by atoms with Crippen molar-refractivity contribution in [1.29, 1.82) is 0 Å². The molecule has 0 radical (unpaired) electrons. The zero-order valence-corrected chi connectivity index (χ0v) is 41.9. The molecule has 2 aromatic heterocycles. The molecular formula is C58H55FIrN3OSi. The molecule has 0 spiro atoms. The first-order valence-corrected chi connectivity index (χ1v) is 25.8. The third-order valence-electron chi connectivity index (χ3n) is 12.3. The molecule has 328 valence electrons. The first kappa shape index (κ1) is 44.4. The van der Waals surface area contributed by atoms with Gasteiger partial charge in [0.25, 0.3) is 0 Å². The van der Waals surface area contributed by atoms with E-state index in [-0.39, 0.29) is 37.8 Å². The molecule has 1 aliphatic heterocycles. The Bertz CT molecular complexity index is 3160. The second-order valence-electron chi connectivity index (χ2n) is 18.7. The van der Waals surface area contributed by atoms with E-state index in [1.54, 1.807) is 6.07 Å². The maximum Gasteiger partial charge on any atom is 3.00 e. The first-order chi connectivity index (χ1) is 31.1. The predicted octanol–water partition coefficient (Wildman–Crippen LogP) is 16.7. The molecule has 0 amide bonds. The van der Waals surface area contributed by atoms with Crippen LogP contribution in [0.2, 0.25) is 19.6 Å². The molecule has 1 aliphatic rings.